The molecular weight excluding hydrogens is 442 g/mol. The minimum absolute atomic E-state index is 0.395. The molecule has 3 N–H and O–H groups in total. The first kappa shape index (κ1) is 23.8. The summed E-state index contributed by atoms with van der Waals surface area (Å²) in [5, 5.41) is 4.26. The molecule has 2 heterocycles. The van der Waals surface area contributed by atoms with Crippen LogP contribution in [0.3, 0.4) is 0 Å². The molecule has 4 aromatic rings. The summed E-state index contributed by atoms with van der Waals surface area (Å²) in [6.45, 7) is 3.93. The van der Waals surface area contributed by atoms with Crippen molar-refractivity contribution in [3.63, 3.8) is 0 Å². The molecule has 0 aliphatic rings. The molecule has 0 aliphatic carbocycles. The van der Waals surface area contributed by atoms with Crippen molar-refractivity contribution in [1.29, 1.82) is 0 Å². The van der Waals surface area contributed by atoms with Crippen LogP contribution < -0.4 is 15.8 Å². The molecule has 0 fully saturated rings. The largest absolute Gasteiger partial charge is 0.455 e. The van der Waals surface area contributed by atoms with Crippen molar-refractivity contribution in [2.75, 3.05) is 12.4 Å². The summed E-state index contributed by atoms with van der Waals surface area (Å²) >= 11 is 0. The van der Waals surface area contributed by atoms with Gasteiger partial charge in [0.05, 0.1) is 11.7 Å². The molecule has 1 unspecified atom stereocenters. The minimum atomic E-state index is -0.648. The summed E-state index contributed by atoms with van der Waals surface area (Å²) in [6.07, 6.45) is 6.77. The Morgan fingerprint density at radius 1 is 1.09 bits per heavy atom. The standard InChI is InChI=1S/C27H27N5O3/c1-17-13-20(9-12-24(17)35-21-10-7-18(2)29-15-21)32-27-22-14-19(8-11-23(22)30-16-31-27)5-4-6-25(34-3)26(28)33/h4-5,7-16,25H,6H2,1-3H3,(H2,28,33)(H,30,31,32)/b5-4+. The van der Waals surface area contributed by atoms with Gasteiger partial charge in [-0.25, -0.2) is 9.97 Å². The molecule has 0 aliphatic heterocycles. The number of aromatic nitrogens is 3. The molecule has 0 bridgehead atoms. The molecule has 8 nitrogen and oxygen atoms in total. The second-order valence-corrected chi connectivity index (χ2v) is 8.11. The van der Waals surface area contributed by atoms with E-state index in [2.05, 4.69) is 20.3 Å². The van der Waals surface area contributed by atoms with Crippen molar-refractivity contribution in [3.8, 4) is 11.5 Å². The Labute approximate surface area is 203 Å². The number of rotatable bonds is 9. The molecule has 4 rings (SSSR count). The van der Waals surface area contributed by atoms with Gasteiger partial charge in [-0.2, -0.15) is 0 Å². The van der Waals surface area contributed by atoms with Gasteiger partial charge in [-0.15, -0.1) is 0 Å². The topological polar surface area (TPSA) is 112 Å². The SMILES string of the molecule is COC(C/C=C/c1ccc2ncnc(Nc3ccc(Oc4ccc(C)nc4)c(C)c3)c2c1)C(N)=O. The smallest absolute Gasteiger partial charge is 0.246 e. The monoisotopic (exact) mass is 469 g/mol. The van der Waals surface area contributed by atoms with Crippen molar-refractivity contribution in [2.24, 2.45) is 5.73 Å². The van der Waals surface area contributed by atoms with Crippen molar-refractivity contribution in [1.82, 2.24) is 15.0 Å². The highest BCUT2D eigenvalue weighted by Gasteiger charge is 2.11. The highest BCUT2D eigenvalue weighted by Crippen LogP contribution is 2.30. The van der Waals surface area contributed by atoms with Gasteiger partial charge >= 0.3 is 0 Å². The molecular formula is C27H27N5O3. The molecule has 2 aromatic heterocycles. The number of aryl methyl sites for hydroxylation is 2. The lowest BCUT2D eigenvalue weighted by atomic mass is 10.1. The normalized spacial score (nSPS) is 12.1. The third-order valence-corrected chi connectivity index (χ3v) is 5.47. The molecule has 1 atom stereocenters. The lowest BCUT2D eigenvalue weighted by Crippen LogP contribution is -2.29. The zero-order valence-electron chi connectivity index (χ0n) is 19.9. The Morgan fingerprint density at radius 2 is 1.94 bits per heavy atom. The van der Waals surface area contributed by atoms with Gasteiger partial charge in [0.25, 0.3) is 0 Å². The molecule has 2 aromatic carbocycles. The maximum atomic E-state index is 11.3. The van der Waals surface area contributed by atoms with Crippen molar-refractivity contribution in [2.45, 2.75) is 26.4 Å². The van der Waals surface area contributed by atoms with E-state index in [0.29, 0.717) is 18.0 Å². The summed E-state index contributed by atoms with van der Waals surface area (Å²) < 4.78 is 11.1. The van der Waals surface area contributed by atoms with Gasteiger partial charge in [0.2, 0.25) is 5.91 Å². The van der Waals surface area contributed by atoms with Crippen molar-refractivity contribution in [3.05, 3.63) is 84.0 Å². The lowest BCUT2D eigenvalue weighted by Gasteiger charge is -2.13. The van der Waals surface area contributed by atoms with E-state index >= 15 is 0 Å². The Bertz CT molecular complexity index is 1370. The van der Waals surface area contributed by atoms with Gasteiger partial charge in [0.1, 0.15) is 29.7 Å². The number of anilines is 2. The average molecular weight is 470 g/mol. The van der Waals surface area contributed by atoms with E-state index in [-0.39, 0.29) is 0 Å². The summed E-state index contributed by atoms with van der Waals surface area (Å²) in [4.78, 5) is 24.4. The first-order valence-electron chi connectivity index (χ1n) is 11.1. The van der Waals surface area contributed by atoms with Crippen LogP contribution in [0, 0.1) is 13.8 Å². The van der Waals surface area contributed by atoms with Crippen LogP contribution in [-0.4, -0.2) is 34.1 Å². The van der Waals surface area contributed by atoms with Gasteiger partial charge in [-0.05, 0) is 67.4 Å². The maximum Gasteiger partial charge on any atom is 0.246 e. The number of carbonyl (C=O) groups is 1. The quantitative estimate of drug-likeness (QED) is 0.351. The van der Waals surface area contributed by atoms with Crippen LogP contribution in [0.4, 0.5) is 11.5 Å². The third-order valence-electron chi connectivity index (χ3n) is 5.47. The fraction of sp³-hybridized carbons (Fsp3) is 0.185. The van der Waals surface area contributed by atoms with Crippen molar-refractivity contribution < 1.29 is 14.3 Å². The Balaban J connectivity index is 1.53. The zero-order valence-corrected chi connectivity index (χ0v) is 19.9. The number of hydrogen-bond donors (Lipinski definition) is 2. The van der Waals surface area contributed by atoms with Gasteiger partial charge < -0.3 is 20.5 Å². The molecule has 0 spiro atoms. The first-order chi connectivity index (χ1) is 16.9. The number of nitrogens with one attached hydrogen (secondary N) is 1. The van der Waals surface area contributed by atoms with Crippen LogP contribution >= 0.6 is 0 Å². The number of primary amides is 1. The molecule has 35 heavy (non-hydrogen) atoms. The van der Waals surface area contributed by atoms with E-state index in [9.17, 15) is 4.79 Å². The third kappa shape index (κ3) is 5.99. The zero-order chi connectivity index (χ0) is 24.8. The maximum absolute atomic E-state index is 11.3. The van der Waals surface area contributed by atoms with Crippen LogP contribution in [0.5, 0.6) is 11.5 Å². The highest BCUT2D eigenvalue weighted by atomic mass is 16.5. The van der Waals surface area contributed by atoms with Gasteiger partial charge in [0.15, 0.2) is 0 Å². The van der Waals surface area contributed by atoms with Gasteiger partial charge in [-0.1, -0.05) is 18.2 Å². The van der Waals surface area contributed by atoms with Crippen LogP contribution in [0.2, 0.25) is 0 Å². The summed E-state index contributed by atoms with van der Waals surface area (Å²) in [5.74, 6) is 1.65. The second-order valence-electron chi connectivity index (χ2n) is 8.11. The first-order valence-corrected chi connectivity index (χ1v) is 11.1. The number of hydrogen-bond acceptors (Lipinski definition) is 7. The predicted molar refractivity (Wildman–Crippen MR) is 137 cm³/mol. The lowest BCUT2D eigenvalue weighted by molar-refractivity contribution is -0.127. The van der Waals surface area contributed by atoms with E-state index in [4.69, 9.17) is 15.2 Å². The van der Waals surface area contributed by atoms with E-state index in [1.54, 1.807) is 6.20 Å². The number of carbonyl (C=O) groups excluding carboxylic acids is 1. The Kier molecular flexibility index (Phi) is 7.32. The fourth-order valence-electron chi connectivity index (χ4n) is 3.55. The second kappa shape index (κ2) is 10.8. The average Bonchev–Trinajstić information content (AvgIpc) is 2.85. The van der Waals surface area contributed by atoms with E-state index in [0.717, 1.165) is 39.2 Å². The minimum Gasteiger partial charge on any atom is -0.455 e. The number of fused-ring (bicyclic) bond motifs is 1. The van der Waals surface area contributed by atoms with Crippen molar-refractivity contribution >= 4 is 34.4 Å². The molecule has 1 amide bonds. The number of ether oxygens (including phenoxy) is 2. The molecule has 0 radical (unpaired) electrons. The predicted octanol–water partition coefficient (Wildman–Crippen LogP) is 5.08. The molecule has 8 heteroatoms. The number of benzene rings is 2. The Hall–Kier alpha value is -4.30. The summed E-state index contributed by atoms with van der Waals surface area (Å²) in [6, 6.07) is 15.6. The molecule has 0 saturated carbocycles. The fourth-order valence-corrected chi connectivity index (χ4v) is 3.55. The van der Waals surface area contributed by atoms with E-state index < -0.39 is 12.0 Å². The van der Waals surface area contributed by atoms with Crippen LogP contribution in [-0.2, 0) is 9.53 Å². The van der Waals surface area contributed by atoms with Crippen LogP contribution in [0.1, 0.15) is 23.2 Å². The summed E-state index contributed by atoms with van der Waals surface area (Å²) in [5.41, 5.74) is 9.87. The van der Waals surface area contributed by atoms with E-state index in [1.165, 1.54) is 13.4 Å². The number of methoxy groups -OCH3 is 1. The van der Waals surface area contributed by atoms with Gasteiger partial charge in [0, 0.05) is 30.3 Å². The number of amides is 1. The van der Waals surface area contributed by atoms with E-state index in [1.807, 2.05) is 74.5 Å². The van der Waals surface area contributed by atoms with Gasteiger partial charge in [-0.3, -0.25) is 9.78 Å². The Morgan fingerprint density at radius 3 is 2.66 bits per heavy atom. The highest BCUT2D eigenvalue weighted by molar-refractivity contribution is 5.92. The van der Waals surface area contributed by atoms with Crippen LogP contribution in [0.15, 0.2) is 67.1 Å². The summed E-state index contributed by atoms with van der Waals surface area (Å²) in [7, 11) is 1.47. The van der Waals surface area contributed by atoms with Crippen LogP contribution in [0.25, 0.3) is 17.0 Å². The number of pyridine rings is 1. The molecule has 0 saturated heterocycles. The number of nitrogens with zero attached hydrogens (tertiary/aromatic N) is 3. The number of nitrogens with two attached hydrogens (primary N) is 1. The molecule has 178 valence electrons.